The summed E-state index contributed by atoms with van der Waals surface area (Å²) in [5, 5.41) is 6.74. The Balaban J connectivity index is 1.91. The first-order valence-corrected chi connectivity index (χ1v) is 6.46. The average molecular weight is 285 g/mol. The van der Waals surface area contributed by atoms with E-state index in [2.05, 4.69) is 25.4 Å². The van der Waals surface area contributed by atoms with E-state index in [-0.39, 0.29) is 12.5 Å². The summed E-state index contributed by atoms with van der Waals surface area (Å²) in [5.74, 6) is 1.29. The lowest BCUT2D eigenvalue weighted by Gasteiger charge is -2.02. The van der Waals surface area contributed by atoms with Crippen LogP contribution in [0.1, 0.15) is 5.69 Å². The Morgan fingerprint density at radius 1 is 1.38 bits per heavy atom. The number of rotatable bonds is 4. The highest BCUT2D eigenvalue weighted by Gasteiger charge is 2.12. The van der Waals surface area contributed by atoms with Gasteiger partial charge >= 0.3 is 0 Å². The number of imidazole rings is 2. The Morgan fingerprint density at radius 2 is 2.24 bits per heavy atom. The third-order valence-corrected chi connectivity index (χ3v) is 3.04. The molecule has 0 aliphatic heterocycles. The van der Waals surface area contributed by atoms with Crippen molar-refractivity contribution in [1.82, 2.24) is 34.6 Å². The molecule has 0 aliphatic rings. The topological polar surface area (TPSA) is 93.4 Å². The summed E-state index contributed by atoms with van der Waals surface area (Å²) in [4.78, 5) is 23.1. The number of likely N-dealkylation sites (N-methyl/N-ethyl adjacent to an activating group) is 1. The first-order chi connectivity index (χ1) is 10.2. The molecule has 2 N–H and O–H groups in total. The lowest BCUT2D eigenvalue weighted by molar-refractivity contribution is -0.121. The first-order valence-electron chi connectivity index (χ1n) is 6.46. The Bertz CT molecular complexity index is 767. The van der Waals surface area contributed by atoms with Gasteiger partial charge in [-0.15, -0.1) is 0 Å². The average Bonchev–Trinajstić information content (AvgIpc) is 3.17. The van der Waals surface area contributed by atoms with Crippen molar-refractivity contribution in [2.45, 2.75) is 13.5 Å². The van der Waals surface area contributed by atoms with Gasteiger partial charge in [-0.3, -0.25) is 14.0 Å². The van der Waals surface area contributed by atoms with Crippen molar-refractivity contribution in [2.24, 2.45) is 0 Å². The number of amides is 1. The van der Waals surface area contributed by atoms with Gasteiger partial charge in [-0.2, -0.15) is 5.10 Å². The monoisotopic (exact) mass is 285 g/mol. The maximum atomic E-state index is 11.4. The van der Waals surface area contributed by atoms with E-state index in [0.717, 1.165) is 11.4 Å². The van der Waals surface area contributed by atoms with Crippen molar-refractivity contribution < 1.29 is 4.79 Å². The van der Waals surface area contributed by atoms with Crippen LogP contribution in [0.5, 0.6) is 0 Å². The summed E-state index contributed by atoms with van der Waals surface area (Å²) in [6.45, 7) is 2.12. The number of aromatic amines is 1. The smallest absolute Gasteiger partial charge is 0.241 e. The van der Waals surface area contributed by atoms with Crippen LogP contribution in [-0.4, -0.2) is 42.3 Å². The van der Waals surface area contributed by atoms with Crippen LogP contribution in [0.25, 0.3) is 17.3 Å². The quantitative estimate of drug-likeness (QED) is 0.730. The Hall–Kier alpha value is -2.90. The van der Waals surface area contributed by atoms with E-state index in [9.17, 15) is 4.79 Å². The number of nitrogens with one attached hydrogen (secondary N) is 2. The highest BCUT2D eigenvalue weighted by molar-refractivity contribution is 5.75. The molecule has 1 amide bonds. The minimum atomic E-state index is -0.0998. The normalized spacial score (nSPS) is 10.8. The van der Waals surface area contributed by atoms with E-state index in [1.54, 1.807) is 36.5 Å². The van der Waals surface area contributed by atoms with Crippen LogP contribution in [0.3, 0.4) is 0 Å². The predicted octanol–water partition coefficient (Wildman–Crippen LogP) is 0.513. The van der Waals surface area contributed by atoms with Gasteiger partial charge in [-0.25, -0.2) is 9.97 Å². The molecule has 0 aliphatic carbocycles. The summed E-state index contributed by atoms with van der Waals surface area (Å²) in [6.07, 6.45) is 8.75. The lowest BCUT2D eigenvalue weighted by Crippen LogP contribution is -2.23. The molecule has 3 aromatic heterocycles. The summed E-state index contributed by atoms with van der Waals surface area (Å²) in [6, 6.07) is 0. The molecule has 21 heavy (non-hydrogen) atoms. The molecule has 0 unspecified atom stereocenters. The van der Waals surface area contributed by atoms with E-state index in [4.69, 9.17) is 0 Å². The molecule has 108 valence electrons. The molecule has 0 atom stereocenters. The van der Waals surface area contributed by atoms with E-state index < -0.39 is 0 Å². The van der Waals surface area contributed by atoms with Crippen LogP contribution < -0.4 is 5.32 Å². The number of aryl methyl sites for hydroxylation is 1. The van der Waals surface area contributed by atoms with E-state index in [1.165, 1.54) is 0 Å². The van der Waals surface area contributed by atoms with Gasteiger partial charge in [0.2, 0.25) is 5.91 Å². The van der Waals surface area contributed by atoms with Crippen LogP contribution in [0.2, 0.25) is 0 Å². The zero-order chi connectivity index (χ0) is 14.8. The fraction of sp³-hybridized carbons (Fsp3) is 0.231. The number of carbonyl (C=O) groups is 1. The van der Waals surface area contributed by atoms with Gasteiger partial charge in [0.15, 0.2) is 11.6 Å². The van der Waals surface area contributed by atoms with Gasteiger partial charge in [0.05, 0.1) is 11.9 Å². The molecule has 8 heteroatoms. The summed E-state index contributed by atoms with van der Waals surface area (Å²) >= 11 is 0. The summed E-state index contributed by atoms with van der Waals surface area (Å²) in [5.41, 5.74) is 1.79. The van der Waals surface area contributed by atoms with Gasteiger partial charge in [0, 0.05) is 37.5 Å². The third kappa shape index (κ3) is 2.55. The van der Waals surface area contributed by atoms with E-state index >= 15 is 0 Å². The van der Waals surface area contributed by atoms with Crippen molar-refractivity contribution in [3.05, 3.63) is 36.7 Å². The Labute approximate surface area is 120 Å². The first kappa shape index (κ1) is 13.1. The molecule has 3 aromatic rings. The molecule has 0 spiro atoms. The highest BCUT2D eigenvalue weighted by Crippen LogP contribution is 2.18. The van der Waals surface area contributed by atoms with Gasteiger partial charge in [0.1, 0.15) is 6.54 Å². The fourth-order valence-electron chi connectivity index (χ4n) is 2.00. The molecular weight excluding hydrogens is 270 g/mol. The van der Waals surface area contributed by atoms with Crippen LogP contribution in [0, 0.1) is 6.92 Å². The minimum Gasteiger partial charge on any atom is -0.358 e. The summed E-state index contributed by atoms with van der Waals surface area (Å²) < 4.78 is 3.44. The van der Waals surface area contributed by atoms with Crippen molar-refractivity contribution in [3.63, 3.8) is 0 Å². The molecule has 0 bridgehead atoms. The van der Waals surface area contributed by atoms with Crippen molar-refractivity contribution in [3.8, 4) is 17.3 Å². The number of aromatic nitrogens is 6. The van der Waals surface area contributed by atoms with Gasteiger partial charge < -0.3 is 10.3 Å². The van der Waals surface area contributed by atoms with Gasteiger partial charge in [0.25, 0.3) is 0 Å². The minimum absolute atomic E-state index is 0.0998. The molecule has 0 aromatic carbocycles. The fourth-order valence-corrected chi connectivity index (χ4v) is 2.00. The highest BCUT2D eigenvalue weighted by atomic mass is 16.1. The Kier molecular flexibility index (Phi) is 3.27. The van der Waals surface area contributed by atoms with Crippen molar-refractivity contribution in [2.75, 3.05) is 7.05 Å². The number of hydrogen-bond donors (Lipinski definition) is 2. The van der Waals surface area contributed by atoms with Gasteiger partial charge in [-0.1, -0.05) is 0 Å². The number of hydrogen-bond acceptors (Lipinski definition) is 4. The number of carbonyl (C=O) groups excluding carboxylic acids is 1. The maximum Gasteiger partial charge on any atom is 0.241 e. The SMILES string of the molecule is CNC(=O)Cn1cc(-n2ccnc2-c2ncc(C)[nH]2)cn1. The molecule has 8 nitrogen and oxygen atoms in total. The second-order valence-corrected chi connectivity index (χ2v) is 4.60. The standard InChI is InChI=1S/C13H15N7O/c1-9-5-16-12(18-9)13-15-3-4-20(13)10-6-17-19(7-10)8-11(21)14-2/h3-7H,8H2,1-2H3,(H,14,21)(H,16,18). The molecule has 0 fully saturated rings. The molecule has 0 radical (unpaired) electrons. The molecule has 3 rings (SSSR count). The third-order valence-electron chi connectivity index (χ3n) is 3.04. The number of nitrogens with zero attached hydrogens (tertiary/aromatic N) is 5. The zero-order valence-corrected chi connectivity index (χ0v) is 11.7. The molecule has 3 heterocycles. The summed E-state index contributed by atoms with van der Waals surface area (Å²) in [7, 11) is 1.60. The lowest BCUT2D eigenvalue weighted by atomic mass is 10.5. The van der Waals surface area contributed by atoms with Gasteiger partial charge in [-0.05, 0) is 6.92 Å². The molecule has 0 saturated heterocycles. The largest absolute Gasteiger partial charge is 0.358 e. The second-order valence-electron chi connectivity index (χ2n) is 4.60. The number of H-pyrrole nitrogens is 1. The van der Waals surface area contributed by atoms with Crippen molar-refractivity contribution >= 4 is 5.91 Å². The maximum absolute atomic E-state index is 11.4. The van der Waals surface area contributed by atoms with Crippen LogP contribution in [0.4, 0.5) is 0 Å². The van der Waals surface area contributed by atoms with Crippen LogP contribution in [0.15, 0.2) is 31.0 Å². The molecule has 0 saturated carbocycles. The van der Waals surface area contributed by atoms with Crippen molar-refractivity contribution in [1.29, 1.82) is 0 Å². The van der Waals surface area contributed by atoms with Crippen LogP contribution >= 0.6 is 0 Å². The molecular formula is C13H15N7O. The van der Waals surface area contributed by atoms with E-state index in [1.807, 2.05) is 17.7 Å². The predicted molar refractivity (Wildman–Crippen MR) is 75.7 cm³/mol. The van der Waals surface area contributed by atoms with E-state index in [0.29, 0.717) is 11.6 Å². The van der Waals surface area contributed by atoms with Crippen LogP contribution in [-0.2, 0) is 11.3 Å². The zero-order valence-electron chi connectivity index (χ0n) is 11.7. The Morgan fingerprint density at radius 3 is 2.95 bits per heavy atom. The second kappa shape index (κ2) is 5.23.